The Morgan fingerprint density at radius 2 is 2.00 bits per heavy atom. The van der Waals surface area contributed by atoms with Crippen LogP contribution in [-0.2, 0) is 6.54 Å². The number of anilines is 2. The number of hydrogen-bond acceptors (Lipinski definition) is 9. The molecule has 3 heterocycles. The van der Waals surface area contributed by atoms with Crippen molar-refractivity contribution in [2.24, 2.45) is 0 Å². The number of carbonyl (C=O) groups is 1. The zero-order valence-corrected chi connectivity index (χ0v) is 18.7. The summed E-state index contributed by atoms with van der Waals surface area (Å²) in [5.74, 6) is 0.713. The van der Waals surface area contributed by atoms with Crippen LogP contribution in [0.4, 0.5) is 11.5 Å². The Morgan fingerprint density at radius 3 is 2.67 bits per heavy atom. The average Bonchev–Trinajstić information content (AvgIpc) is 3.17. The molecule has 4 rings (SSSR count). The summed E-state index contributed by atoms with van der Waals surface area (Å²) < 4.78 is 10.7. The van der Waals surface area contributed by atoms with Gasteiger partial charge in [0.2, 0.25) is 0 Å². The second-order valence-corrected chi connectivity index (χ2v) is 8.00. The molecular weight excluding hydrogens is 440 g/mol. The number of methoxy groups -OCH3 is 2. The molecule has 10 heteroatoms. The molecule has 166 valence electrons. The highest BCUT2D eigenvalue weighted by molar-refractivity contribution is 7.21. The van der Waals surface area contributed by atoms with Gasteiger partial charge in [-0.05, 0) is 29.3 Å². The summed E-state index contributed by atoms with van der Waals surface area (Å²) in [4.78, 5) is 22.0. The first-order valence-electron chi connectivity index (χ1n) is 9.79. The van der Waals surface area contributed by atoms with E-state index in [0.717, 1.165) is 16.9 Å². The minimum Gasteiger partial charge on any atom is -0.493 e. The van der Waals surface area contributed by atoms with Gasteiger partial charge in [-0.2, -0.15) is 5.26 Å². The normalized spacial score (nSPS) is 10.6. The lowest BCUT2D eigenvalue weighted by Crippen LogP contribution is -2.22. The number of thiophene rings is 1. The van der Waals surface area contributed by atoms with Gasteiger partial charge in [0.05, 0.1) is 19.9 Å². The number of fused-ring (bicyclic) bond motifs is 1. The summed E-state index contributed by atoms with van der Waals surface area (Å²) in [6.07, 6.45) is 3.33. The molecular formula is C23H20N6O3S. The van der Waals surface area contributed by atoms with Crippen LogP contribution < -0.4 is 26.3 Å². The van der Waals surface area contributed by atoms with Gasteiger partial charge in [-0.1, -0.05) is 12.1 Å². The number of benzene rings is 1. The maximum absolute atomic E-state index is 12.9. The highest BCUT2D eigenvalue weighted by Gasteiger charge is 2.24. The van der Waals surface area contributed by atoms with Crippen LogP contribution in [0, 0.1) is 11.3 Å². The van der Waals surface area contributed by atoms with Crippen molar-refractivity contribution in [3.63, 3.8) is 0 Å². The zero-order chi connectivity index (χ0) is 23.5. The Kier molecular flexibility index (Phi) is 5.97. The third-order valence-corrected chi connectivity index (χ3v) is 6.17. The lowest BCUT2D eigenvalue weighted by atomic mass is 9.97. The van der Waals surface area contributed by atoms with Crippen LogP contribution in [0.25, 0.3) is 21.3 Å². The van der Waals surface area contributed by atoms with Gasteiger partial charge < -0.3 is 26.3 Å². The van der Waals surface area contributed by atoms with Gasteiger partial charge in [0.25, 0.3) is 5.91 Å². The van der Waals surface area contributed by atoms with E-state index in [2.05, 4.69) is 21.4 Å². The summed E-state index contributed by atoms with van der Waals surface area (Å²) >= 11 is 1.12. The van der Waals surface area contributed by atoms with E-state index in [4.69, 9.17) is 20.9 Å². The van der Waals surface area contributed by atoms with E-state index in [1.165, 1.54) is 14.2 Å². The van der Waals surface area contributed by atoms with Crippen molar-refractivity contribution in [1.29, 1.82) is 5.26 Å². The molecule has 4 aromatic rings. The minimum atomic E-state index is -0.352. The van der Waals surface area contributed by atoms with Gasteiger partial charge in [-0.25, -0.2) is 4.98 Å². The Labute approximate surface area is 193 Å². The van der Waals surface area contributed by atoms with Crippen molar-refractivity contribution in [3.05, 3.63) is 58.7 Å². The van der Waals surface area contributed by atoms with Gasteiger partial charge >= 0.3 is 0 Å². The van der Waals surface area contributed by atoms with E-state index < -0.39 is 0 Å². The number of nitrogens with one attached hydrogen (secondary N) is 1. The van der Waals surface area contributed by atoms with Crippen LogP contribution in [0.1, 0.15) is 20.8 Å². The fraction of sp³-hybridized carbons (Fsp3) is 0.130. The fourth-order valence-electron chi connectivity index (χ4n) is 3.50. The number of pyridine rings is 2. The number of nitriles is 1. The van der Waals surface area contributed by atoms with Crippen LogP contribution in [-0.4, -0.2) is 30.1 Å². The average molecular weight is 461 g/mol. The van der Waals surface area contributed by atoms with Crippen LogP contribution in [0.5, 0.6) is 11.5 Å². The molecule has 0 aliphatic heterocycles. The number of nitrogens with zero attached hydrogens (tertiary/aromatic N) is 3. The van der Waals surface area contributed by atoms with E-state index in [1.807, 2.05) is 6.07 Å². The van der Waals surface area contributed by atoms with Crippen LogP contribution >= 0.6 is 11.3 Å². The SMILES string of the molecule is COc1ccc(-c2c(C#N)c(N)nc3sc(C(=O)NCc4cccnc4)c(N)c23)cc1OC. The number of nitrogens with two attached hydrogens (primary N) is 2. The predicted molar refractivity (Wildman–Crippen MR) is 127 cm³/mol. The van der Waals surface area contributed by atoms with E-state index in [9.17, 15) is 10.1 Å². The molecule has 1 amide bonds. The molecule has 1 aromatic carbocycles. The Balaban J connectivity index is 1.84. The predicted octanol–water partition coefficient (Wildman–Crippen LogP) is 3.34. The van der Waals surface area contributed by atoms with Crippen molar-refractivity contribution in [2.75, 3.05) is 25.7 Å². The quantitative estimate of drug-likeness (QED) is 0.396. The molecule has 0 saturated heterocycles. The summed E-state index contributed by atoms with van der Waals surface area (Å²) in [7, 11) is 3.06. The number of carbonyl (C=O) groups excluding carboxylic acids is 1. The number of aromatic nitrogens is 2. The standard InChI is InChI=1S/C23H20N6O3S/c1-31-15-6-5-13(8-16(15)32-2)17-14(9-24)21(26)29-23-18(17)19(25)20(33-23)22(30)28-11-12-4-3-7-27-10-12/h3-8,10H,11,25H2,1-2H3,(H2,26,29)(H,28,30). The van der Waals surface area contributed by atoms with E-state index in [-0.39, 0.29) is 27.9 Å². The van der Waals surface area contributed by atoms with Crippen molar-refractivity contribution in [1.82, 2.24) is 15.3 Å². The third-order valence-electron chi connectivity index (χ3n) is 5.07. The van der Waals surface area contributed by atoms with Crippen molar-refractivity contribution < 1.29 is 14.3 Å². The first-order valence-corrected chi connectivity index (χ1v) is 10.6. The summed E-state index contributed by atoms with van der Waals surface area (Å²) in [6, 6.07) is 11.0. The first kappa shape index (κ1) is 21.9. The maximum Gasteiger partial charge on any atom is 0.263 e. The molecule has 0 fully saturated rings. The zero-order valence-electron chi connectivity index (χ0n) is 17.9. The lowest BCUT2D eigenvalue weighted by molar-refractivity contribution is 0.0956. The topological polar surface area (TPSA) is 149 Å². The smallest absolute Gasteiger partial charge is 0.263 e. The molecule has 5 N–H and O–H groups in total. The van der Waals surface area contributed by atoms with Crippen LogP contribution in [0.2, 0.25) is 0 Å². The molecule has 0 spiro atoms. The van der Waals surface area contributed by atoms with Gasteiger partial charge in [0, 0.05) is 29.9 Å². The molecule has 0 aliphatic carbocycles. The maximum atomic E-state index is 12.9. The summed E-state index contributed by atoms with van der Waals surface area (Å²) in [5, 5.41) is 13.1. The highest BCUT2D eigenvalue weighted by atomic mass is 32.1. The Hall–Kier alpha value is -4.36. The number of ether oxygens (including phenoxy) is 2. The Morgan fingerprint density at radius 1 is 1.21 bits per heavy atom. The molecule has 9 nitrogen and oxygen atoms in total. The monoisotopic (exact) mass is 460 g/mol. The van der Waals surface area contributed by atoms with E-state index in [0.29, 0.717) is 39.4 Å². The number of rotatable bonds is 6. The minimum absolute atomic E-state index is 0.0540. The van der Waals surface area contributed by atoms with Crippen molar-refractivity contribution >= 4 is 39.0 Å². The number of nitrogen functional groups attached to an aromatic ring is 2. The largest absolute Gasteiger partial charge is 0.493 e. The van der Waals surface area contributed by atoms with Crippen LogP contribution in [0.3, 0.4) is 0 Å². The molecule has 0 bridgehead atoms. The lowest BCUT2D eigenvalue weighted by Gasteiger charge is -2.13. The first-order chi connectivity index (χ1) is 16.0. The molecule has 0 atom stereocenters. The van der Waals surface area contributed by atoms with Gasteiger partial charge in [0.1, 0.15) is 27.2 Å². The summed E-state index contributed by atoms with van der Waals surface area (Å²) in [6.45, 7) is 0.294. The molecule has 33 heavy (non-hydrogen) atoms. The van der Waals surface area contributed by atoms with Gasteiger partial charge in [-0.3, -0.25) is 9.78 Å². The van der Waals surface area contributed by atoms with Gasteiger partial charge in [0.15, 0.2) is 11.5 Å². The number of amides is 1. The molecule has 0 saturated carbocycles. The molecule has 0 aliphatic rings. The van der Waals surface area contributed by atoms with E-state index in [1.54, 1.807) is 36.7 Å². The molecule has 0 unspecified atom stereocenters. The second kappa shape index (κ2) is 9.02. The van der Waals surface area contributed by atoms with E-state index >= 15 is 0 Å². The number of hydrogen-bond donors (Lipinski definition) is 3. The van der Waals surface area contributed by atoms with Crippen LogP contribution in [0.15, 0.2) is 42.7 Å². The van der Waals surface area contributed by atoms with Crippen molar-refractivity contribution in [3.8, 4) is 28.7 Å². The van der Waals surface area contributed by atoms with Gasteiger partial charge in [-0.15, -0.1) is 11.3 Å². The fourth-order valence-corrected chi connectivity index (χ4v) is 4.53. The second-order valence-electron chi connectivity index (χ2n) is 7.00. The third kappa shape index (κ3) is 3.97. The molecule has 3 aromatic heterocycles. The molecule has 0 radical (unpaired) electrons. The summed E-state index contributed by atoms with van der Waals surface area (Å²) in [5.41, 5.74) is 14.9. The Bertz CT molecular complexity index is 1400. The van der Waals surface area contributed by atoms with Crippen molar-refractivity contribution in [2.45, 2.75) is 6.54 Å². The highest BCUT2D eigenvalue weighted by Crippen LogP contribution is 2.44.